The summed E-state index contributed by atoms with van der Waals surface area (Å²) in [4.78, 5) is 117. The van der Waals surface area contributed by atoms with Crippen molar-refractivity contribution in [2.75, 3.05) is 39.6 Å². The average Bonchev–Trinajstić information content (AvgIpc) is 3.25. The topological polar surface area (TPSA) is 224 Å². The molecule has 0 aliphatic carbocycles. The van der Waals surface area contributed by atoms with E-state index in [2.05, 4.69) is 20.1 Å². The Labute approximate surface area is 357 Å². The van der Waals surface area contributed by atoms with Gasteiger partial charge in [-0.15, -0.1) is 6.58 Å². The fourth-order valence-corrected chi connectivity index (χ4v) is 5.61. The molecule has 0 saturated heterocycles. The molecule has 0 radical (unpaired) electrons. The summed E-state index contributed by atoms with van der Waals surface area (Å²) >= 11 is 0. The number of carbonyl (C=O) groups excluding carboxylic acids is 6. The highest BCUT2D eigenvalue weighted by molar-refractivity contribution is 6.03. The van der Waals surface area contributed by atoms with Gasteiger partial charge in [-0.2, -0.15) is 0 Å². The smallest absolute Gasteiger partial charge is 0.339 e. The first kappa shape index (κ1) is 49.5. The van der Waals surface area contributed by atoms with Crippen LogP contribution in [-0.4, -0.2) is 89.2 Å². The highest BCUT2D eigenvalue weighted by Crippen LogP contribution is 2.14. The number of unbranched alkanes of at least 4 members (excludes halogenated alkanes) is 4. The fraction of sp³-hybridized carbons (Fsp3) is 0.432. The van der Waals surface area contributed by atoms with Crippen molar-refractivity contribution >= 4 is 35.8 Å². The van der Waals surface area contributed by atoms with Gasteiger partial charge in [0.15, 0.2) is 0 Å². The zero-order valence-electron chi connectivity index (χ0n) is 35.3. The second-order valence-electron chi connectivity index (χ2n) is 13.9. The van der Waals surface area contributed by atoms with E-state index >= 15 is 0 Å². The molecule has 62 heavy (non-hydrogen) atoms. The molecule has 0 atom stereocenters. The molecule has 0 bridgehead atoms. The number of esters is 6. The normalized spacial score (nSPS) is 10.6. The van der Waals surface area contributed by atoms with Crippen molar-refractivity contribution in [1.29, 1.82) is 0 Å². The Balaban J connectivity index is 1.79. The van der Waals surface area contributed by atoms with Gasteiger partial charge in [-0.1, -0.05) is 69.0 Å². The highest BCUT2D eigenvalue weighted by atomic mass is 16.6. The van der Waals surface area contributed by atoms with Gasteiger partial charge in [0.05, 0.1) is 48.5 Å². The van der Waals surface area contributed by atoms with Gasteiger partial charge < -0.3 is 28.4 Å². The van der Waals surface area contributed by atoms with E-state index in [4.69, 9.17) is 28.4 Å². The van der Waals surface area contributed by atoms with Crippen LogP contribution in [0.3, 0.4) is 0 Å². The van der Waals surface area contributed by atoms with E-state index in [0.29, 0.717) is 26.5 Å². The molecule has 0 amide bonds. The highest BCUT2D eigenvalue weighted by Gasteiger charge is 2.23. The predicted molar refractivity (Wildman–Crippen MR) is 223 cm³/mol. The van der Waals surface area contributed by atoms with Crippen LogP contribution in [0, 0.1) is 0 Å². The summed E-state index contributed by atoms with van der Waals surface area (Å²) in [5.74, 6) is -4.86. The van der Waals surface area contributed by atoms with Crippen LogP contribution in [0.4, 0.5) is 0 Å². The van der Waals surface area contributed by atoms with Crippen LogP contribution in [0.25, 0.3) is 0 Å². The maximum atomic E-state index is 13.7. The molecular formula is C44H53N3O15. The third-order valence-corrected chi connectivity index (χ3v) is 8.94. The molecule has 1 aromatic heterocycles. The molecule has 3 rings (SSSR count). The van der Waals surface area contributed by atoms with E-state index < -0.39 is 85.7 Å². The molecule has 0 aliphatic heterocycles. The molecule has 0 saturated carbocycles. The number of aromatic nitrogens is 3. The molecule has 18 heteroatoms. The van der Waals surface area contributed by atoms with Gasteiger partial charge in [0.1, 0.15) is 33.0 Å². The maximum absolute atomic E-state index is 13.7. The lowest BCUT2D eigenvalue weighted by Gasteiger charge is -2.15. The molecule has 1 heterocycles. The number of hydrogen-bond acceptors (Lipinski definition) is 15. The van der Waals surface area contributed by atoms with Gasteiger partial charge in [-0.25, -0.2) is 52.1 Å². The van der Waals surface area contributed by atoms with Crippen molar-refractivity contribution in [1.82, 2.24) is 13.7 Å². The predicted octanol–water partition coefficient (Wildman–Crippen LogP) is 4.19. The summed E-state index contributed by atoms with van der Waals surface area (Å²) in [6.07, 6.45) is 5.04. The zero-order chi connectivity index (χ0) is 45.6. The molecule has 18 nitrogen and oxygen atoms in total. The number of nitrogens with zero attached hydrogens (tertiary/aromatic N) is 3. The first-order valence-electron chi connectivity index (χ1n) is 20.1. The standard InChI is InChI=1S/C44H53N3O15/c1-6-7-8-9-10-19-36(48)57-25-21-45-42(54)46(22-26-59-39(51)33-16-12-11-15-32(33)38(50)58-24-20-30(2)3)44(56)47(43(45)55)23-27-60-40(52)34-17-13-14-18-35(34)41(53)62-29-28-61-37(49)31(4)5/h11-18H,2,4,6-10,19-29H2,1,3,5H3. The first-order valence-corrected chi connectivity index (χ1v) is 20.1. The number of hydrogen-bond donors (Lipinski definition) is 0. The van der Waals surface area contributed by atoms with Gasteiger partial charge >= 0.3 is 52.9 Å². The van der Waals surface area contributed by atoms with E-state index in [1.165, 1.54) is 55.5 Å². The van der Waals surface area contributed by atoms with E-state index in [0.717, 1.165) is 31.3 Å². The fourth-order valence-electron chi connectivity index (χ4n) is 5.61. The Hall–Kier alpha value is -6.85. The Morgan fingerprint density at radius 2 is 0.855 bits per heavy atom. The lowest BCUT2D eigenvalue weighted by atomic mass is 10.1. The molecule has 0 spiro atoms. The van der Waals surface area contributed by atoms with Crippen molar-refractivity contribution in [3.05, 3.63) is 127 Å². The minimum absolute atomic E-state index is 0.0413. The largest absolute Gasteiger partial charge is 0.464 e. The lowest BCUT2D eigenvalue weighted by Crippen LogP contribution is -2.55. The summed E-state index contributed by atoms with van der Waals surface area (Å²) in [5, 5.41) is 0. The van der Waals surface area contributed by atoms with Gasteiger partial charge in [-0.3, -0.25) is 4.79 Å². The Bertz CT molecular complexity index is 2280. The van der Waals surface area contributed by atoms with Crippen LogP contribution in [0.1, 0.15) is 107 Å². The summed E-state index contributed by atoms with van der Waals surface area (Å²) < 4.78 is 33.1. The van der Waals surface area contributed by atoms with Crippen molar-refractivity contribution in [3.8, 4) is 0 Å². The maximum Gasteiger partial charge on any atom is 0.339 e. The SMILES string of the molecule is C=C(C)CCOC(=O)c1ccccc1C(=O)OCCn1c(=O)n(CCOC(=O)CCCCCCC)c(=O)n(CCOC(=O)c2ccccc2C(=O)OCCOC(=O)C(=C)C)c1=O. The van der Waals surface area contributed by atoms with Crippen molar-refractivity contribution in [2.45, 2.75) is 85.4 Å². The number of rotatable bonds is 26. The molecule has 2 aromatic carbocycles. The zero-order valence-corrected chi connectivity index (χ0v) is 35.3. The third kappa shape index (κ3) is 15.3. The lowest BCUT2D eigenvalue weighted by molar-refractivity contribution is -0.144. The van der Waals surface area contributed by atoms with Crippen LogP contribution in [0.5, 0.6) is 0 Å². The molecule has 0 aliphatic rings. The first-order chi connectivity index (χ1) is 29.7. The van der Waals surface area contributed by atoms with Crippen LogP contribution < -0.4 is 17.1 Å². The molecule has 0 N–H and O–H groups in total. The summed E-state index contributed by atoms with van der Waals surface area (Å²) in [6.45, 7) is 8.88. The second kappa shape index (κ2) is 25.7. The molecule has 3 aromatic rings. The quantitative estimate of drug-likeness (QED) is 0.0363. The monoisotopic (exact) mass is 863 g/mol. The van der Waals surface area contributed by atoms with E-state index in [-0.39, 0.29) is 60.7 Å². The minimum Gasteiger partial charge on any atom is -0.464 e. The van der Waals surface area contributed by atoms with Gasteiger partial charge in [0, 0.05) is 18.4 Å². The van der Waals surface area contributed by atoms with Crippen molar-refractivity contribution in [3.63, 3.8) is 0 Å². The second-order valence-corrected chi connectivity index (χ2v) is 13.9. The van der Waals surface area contributed by atoms with Crippen LogP contribution >= 0.6 is 0 Å². The van der Waals surface area contributed by atoms with Gasteiger partial charge in [0.2, 0.25) is 0 Å². The average molecular weight is 864 g/mol. The Morgan fingerprint density at radius 1 is 0.484 bits per heavy atom. The molecular weight excluding hydrogens is 810 g/mol. The van der Waals surface area contributed by atoms with Crippen LogP contribution in [0.2, 0.25) is 0 Å². The van der Waals surface area contributed by atoms with E-state index in [1.807, 2.05) is 0 Å². The number of benzene rings is 2. The summed E-state index contributed by atoms with van der Waals surface area (Å²) in [7, 11) is 0. The molecule has 0 fully saturated rings. The molecule has 0 unspecified atom stereocenters. The molecule has 334 valence electrons. The van der Waals surface area contributed by atoms with Crippen LogP contribution in [0.15, 0.2) is 87.2 Å². The third-order valence-electron chi connectivity index (χ3n) is 8.94. The summed E-state index contributed by atoms with van der Waals surface area (Å²) in [5.41, 5.74) is -2.96. The van der Waals surface area contributed by atoms with Gasteiger partial charge in [0.25, 0.3) is 0 Å². The Morgan fingerprint density at radius 3 is 1.26 bits per heavy atom. The van der Waals surface area contributed by atoms with Crippen molar-refractivity contribution < 1.29 is 57.2 Å². The minimum atomic E-state index is -1.13. The van der Waals surface area contributed by atoms with Gasteiger partial charge in [-0.05, 0) is 44.5 Å². The summed E-state index contributed by atoms with van der Waals surface area (Å²) in [6, 6.07) is 11.3. The van der Waals surface area contributed by atoms with Crippen LogP contribution in [-0.2, 0) is 57.6 Å². The van der Waals surface area contributed by atoms with Crippen molar-refractivity contribution in [2.24, 2.45) is 0 Å². The number of carbonyl (C=O) groups is 6. The van der Waals surface area contributed by atoms with E-state index in [9.17, 15) is 43.2 Å². The Kier molecular flexibility index (Phi) is 20.5. The van der Waals surface area contributed by atoms with E-state index in [1.54, 1.807) is 6.92 Å². The number of ether oxygens (including phenoxy) is 6.